The Balaban J connectivity index is 1.85. The molecule has 0 aliphatic heterocycles. The van der Waals surface area contributed by atoms with Crippen LogP contribution in [0.1, 0.15) is 43.9 Å². The highest BCUT2D eigenvalue weighted by Gasteiger charge is 2.12. The van der Waals surface area contributed by atoms with Crippen LogP contribution in [-0.2, 0) is 4.79 Å². The molecule has 0 aliphatic rings. The third-order valence-electron chi connectivity index (χ3n) is 3.89. The Morgan fingerprint density at radius 3 is 2.39 bits per heavy atom. The van der Waals surface area contributed by atoms with Gasteiger partial charge in [0.05, 0.1) is 0 Å². The number of carbonyl (C=O) groups is 1. The average molecular weight is 332 g/mol. The van der Waals surface area contributed by atoms with Crippen molar-refractivity contribution in [2.75, 3.05) is 11.9 Å². The Morgan fingerprint density at radius 2 is 1.78 bits per heavy atom. The van der Waals surface area contributed by atoms with Gasteiger partial charge in [-0.05, 0) is 42.7 Å². The Morgan fingerprint density at radius 1 is 1.09 bits per heavy atom. The van der Waals surface area contributed by atoms with Crippen LogP contribution >= 0.6 is 11.6 Å². The number of rotatable bonds is 6. The molecule has 2 aromatic carbocycles. The molecule has 0 bridgehead atoms. The number of nitrogens with two attached hydrogens (primary N) is 1. The van der Waals surface area contributed by atoms with Gasteiger partial charge in [0.1, 0.15) is 6.04 Å². The fourth-order valence-corrected chi connectivity index (χ4v) is 2.57. The lowest BCUT2D eigenvalue weighted by Gasteiger charge is -2.12. The summed E-state index contributed by atoms with van der Waals surface area (Å²) in [5.74, 6) is 0.489. The number of benzene rings is 2. The maximum atomic E-state index is 12.1. The number of hydrogen-bond acceptors (Lipinski definition) is 1. The zero-order chi connectivity index (χ0) is 16.8. The molecule has 122 valence electrons. The van der Waals surface area contributed by atoms with Gasteiger partial charge in [0.25, 0.3) is 5.91 Å². The molecule has 0 saturated carbocycles. The Kier molecular flexibility index (Phi) is 6.20. The fourth-order valence-electron chi connectivity index (χ4n) is 2.37. The lowest BCUT2D eigenvalue weighted by molar-refractivity contribution is -0.682. The molecule has 3 nitrogen and oxygen atoms in total. The van der Waals surface area contributed by atoms with Gasteiger partial charge < -0.3 is 10.6 Å². The molecule has 0 fully saturated rings. The van der Waals surface area contributed by atoms with Gasteiger partial charge in [-0.15, -0.1) is 0 Å². The zero-order valence-corrected chi connectivity index (χ0v) is 14.6. The highest BCUT2D eigenvalue weighted by Crippen LogP contribution is 2.17. The maximum absolute atomic E-state index is 12.1. The lowest BCUT2D eigenvalue weighted by Crippen LogP contribution is -2.86. The van der Waals surface area contributed by atoms with Crippen LogP contribution in [0.3, 0.4) is 0 Å². The third-order valence-corrected chi connectivity index (χ3v) is 4.13. The number of anilines is 1. The lowest BCUT2D eigenvalue weighted by atomic mass is 10.0. The molecule has 0 radical (unpaired) electrons. The second-order valence-electron chi connectivity index (χ2n) is 6.11. The summed E-state index contributed by atoms with van der Waals surface area (Å²) < 4.78 is 0. The van der Waals surface area contributed by atoms with E-state index in [1.165, 1.54) is 5.56 Å². The molecular weight excluding hydrogens is 308 g/mol. The number of nitrogens with one attached hydrogen (secondary N) is 1. The molecule has 0 saturated heterocycles. The number of quaternary nitrogens is 1. The normalized spacial score (nSPS) is 12.2. The summed E-state index contributed by atoms with van der Waals surface area (Å²) in [5, 5.41) is 5.65. The first kappa shape index (κ1) is 17.5. The van der Waals surface area contributed by atoms with Crippen LogP contribution in [0.15, 0.2) is 48.5 Å². The summed E-state index contributed by atoms with van der Waals surface area (Å²) in [6, 6.07) is 15.9. The van der Waals surface area contributed by atoms with E-state index in [1.807, 2.05) is 41.7 Å². The third kappa shape index (κ3) is 5.38. The average Bonchev–Trinajstić information content (AvgIpc) is 2.53. The summed E-state index contributed by atoms with van der Waals surface area (Å²) in [7, 11) is 0. The second kappa shape index (κ2) is 8.14. The first-order valence-corrected chi connectivity index (χ1v) is 8.32. The molecule has 23 heavy (non-hydrogen) atoms. The van der Waals surface area contributed by atoms with Gasteiger partial charge in [-0.2, -0.15) is 0 Å². The van der Waals surface area contributed by atoms with Gasteiger partial charge >= 0.3 is 0 Å². The summed E-state index contributed by atoms with van der Waals surface area (Å²) in [5.41, 5.74) is 3.22. The van der Waals surface area contributed by atoms with E-state index < -0.39 is 0 Å². The van der Waals surface area contributed by atoms with Crippen molar-refractivity contribution in [1.82, 2.24) is 0 Å². The highest BCUT2D eigenvalue weighted by molar-refractivity contribution is 6.30. The SMILES string of the molecule is CC(C)c1ccc(NC(=O)C[NH2+][C@H](C)c2cccc(Cl)c2)cc1. The first-order valence-electron chi connectivity index (χ1n) is 7.94. The molecule has 4 heteroatoms. The van der Waals surface area contributed by atoms with Gasteiger partial charge in [-0.3, -0.25) is 4.79 Å². The standard InChI is InChI=1S/C19H23ClN2O/c1-13(2)15-7-9-18(10-8-15)22-19(23)12-21-14(3)16-5-4-6-17(20)11-16/h4-11,13-14,21H,12H2,1-3H3,(H,22,23)/p+1/t14-/m1/s1. The van der Waals surface area contributed by atoms with Crippen LogP contribution in [0.4, 0.5) is 5.69 Å². The largest absolute Gasteiger partial charge is 0.333 e. The monoisotopic (exact) mass is 331 g/mol. The van der Waals surface area contributed by atoms with E-state index in [1.54, 1.807) is 0 Å². The molecule has 0 unspecified atom stereocenters. The highest BCUT2D eigenvalue weighted by atomic mass is 35.5. The van der Waals surface area contributed by atoms with Crippen molar-refractivity contribution < 1.29 is 10.1 Å². The van der Waals surface area contributed by atoms with Crippen molar-refractivity contribution in [3.05, 3.63) is 64.7 Å². The van der Waals surface area contributed by atoms with Crippen LogP contribution in [0, 0.1) is 0 Å². The minimum absolute atomic E-state index is 0.00354. The van der Waals surface area contributed by atoms with Gasteiger partial charge in [0, 0.05) is 16.3 Å². The number of amides is 1. The molecule has 0 aliphatic carbocycles. The van der Waals surface area contributed by atoms with Crippen molar-refractivity contribution in [2.24, 2.45) is 0 Å². The molecule has 2 aromatic rings. The van der Waals surface area contributed by atoms with Crippen LogP contribution in [-0.4, -0.2) is 12.5 Å². The van der Waals surface area contributed by atoms with Gasteiger partial charge in [0.15, 0.2) is 6.54 Å². The minimum Gasteiger partial charge on any atom is -0.333 e. The van der Waals surface area contributed by atoms with E-state index in [9.17, 15) is 4.79 Å². The van der Waals surface area contributed by atoms with Crippen molar-refractivity contribution in [1.29, 1.82) is 0 Å². The van der Waals surface area contributed by atoms with E-state index in [4.69, 9.17) is 11.6 Å². The van der Waals surface area contributed by atoms with E-state index in [2.05, 4.69) is 38.2 Å². The Bertz CT molecular complexity index is 653. The van der Waals surface area contributed by atoms with Crippen LogP contribution < -0.4 is 10.6 Å². The second-order valence-corrected chi connectivity index (χ2v) is 6.54. The fraction of sp³-hybridized carbons (Fsp3) is 0.316. The number of hydrogen-bond donors (Lipinski definition) is 2. The number of carbonyl (C=O) groups excluding carboxylic acids is 1. The minimum atomic E-state index is -0.00354. The van der Waals surface area contributed by atoms with Gasteiger partial charge in [-0.1, -0.05) is 49.7 Å². The summed E-state index contributed by atoms with van der Waals surface area (Å²) in [4.78, 5) is 12.1. The quantitative estimate of drug-likeness (QED) is 0.832. The van der Waals surface area contributed by atoms with Crippen molar-refractivity contribution in [3.8, 4) is 0 Å². The van der Waals surface area contributed by atoms with E-state index in [-0.39, 0.29) is 11.9 Å². The van der Waals surface area contributed by atoms with Crippen LogP contribution in [0.2, 0.25) is 5.02 Å². The predicted octanol–water partition coefficient (Wildman–Crippen LogP) is 3.73. The zero-order valence-electron chi connectivity index (χ0n) is 13.8. The maximum Gasteiger partial charge on any atom is 0.279 e. The summed E-state index contributed by atoms with van der Waals surface area (Å²) in [6.45, 7) is 6.75. The predicted molar refractivity (Wildman–Crippen MR) is 95.8 cm³/mol. The molecule has 0 spiro atoms. The molecular formula is C19H24ClN2O+. The van der Waals surface area contributed by atoms with Crippen LogP contribution in [0.5, 0.6) is 0 Å². The molecule has 0 heterocycles. The first-order chi connectivity index (χ1) is 11.0. The molecule has 0 aromatic heterocycles. The molecule has 1 amide bonds. The van der Waals surface area contributed by atoms with Gasteiger partial charge in [-0.25, -0.2) is 0 Å². The Labute approximate surface area is 143 Å². The smallest absolute Gasteiger partial charge is 0.279 e. The molecule has 3 N–H and O–H groups in total. The number of halogens is 1. The van der Waals surface area contributed by atoms with Crippen molar-refractivity contribution >= 4 is 23.2 Å². The van der Waals surface area contributed by atoms with Crippen molar-refractivity contribution in [2.45, 2.75) is 32.7 Å². The van der Waals surface area contributed by atoms with E-state index in [0.29, 0.717) is 12.5 Å². The van der Waals surface area contributed by atoms with Crippen LogP contribution in [0.25, 0.3) is 0 Å². The van der Waals surface area contributed by atoms with Gasteiger partial charge in [0.2, 0.25) is 0 Å². The Hall–Kier alpha value is -1.84. The summed E-state index contributed by atoms with van der Waals surface area (Å²) in [6.07, 6.45) is 0. The van der Waals surface area contributed by atoms with E-state index >= 15 is 0 Å². The molecule has 2 rings (SSSR count). The summed E-state index contributed by atoms with van der Waals surface area (Å²) >= 11 is 6.00. The van der Waals surface area contributed by atoms with E-state index in [0.717, 1.165) is 16.3 Å². The topological polar surface area (TPSA) is 45.7 Å². The van der Waals surface area contributed by atoms with Crippen molar-refractivity contribution in [3.63, 3.8) is 0 Å². The molecule has 1 atom stereocenters.